The number of ether oxygens (including phenoxy) is 6. The first-order chi connectivity index (χ1) is 13.6. The number of esters is 2. The van der Waals surface area contributed by atoms with Gasteiger partial charge in [0.2, 0.25) is 0 Å². The smallest absolute Gasteiger partial charge is 0.339 e. The van der Waals surface area contributed by atoms with Gasteiger partial charge >= 0.3 is 11.9 Å². The Bertz CT molecular complexity index is 521. The highest BCUT2D eigenvalue weighted by atomic mass is 16.6. The second-order valence-corrected chi connectivity index (χ2v) is 5.84. The molecule has 0 bridgehead atoms. The lowest BCUT2D eigenvalue weighted by Gasteiger charge is -2.19. The van der Waals surface area contributed by atoms with Crippen LogP contribution in [0.1, 0.15) is 13.3 Å². The van der Waals surface area contributed by atoms with Crippen molar-refractivity contribution in [1.29, 1.82) is 0 Å². The molecule has 0 aliphatic carbocycles. The van der Waals surface area contributed by atoms with Gasteiger partial charge in [0.1, 0.15) is 18.8 Å². The van der Waals surface area contributed by atoms with Crippen LogP contribution in [-0.2, 0) is 42.8 Å². The summed E-state index contributed by atoms with van der Waals surface area (Å²) in [5, 5.41) is 0. The van der Waals surface area contributed by atoms with E-state index in [2.05, 4.69) is 11.3 Å². The zero-order chi connectivity index (χ0) is 22.1. The van der Waals surface area contributed by atoms with E-state index in [0.29, 0.717) is 33.0 Å². The first-order valence-corrected chi connectivity index (χ1v) is 8.85. The second-order valence-electron chi connectivity index (χ2n) is 5.84. The van der Waals surface area contributed by atoms with E-state index < -0.39 is 17.9 Å². The van der Waals surface area contributed by atoms with E-state index in [0.717, 1.165) is 0 Å². The predicted octanol–water partition coefficient (Wildman–Crippen LogP) is -1.84. The molecular formula is C17H31N3O9. The van der Waals surface area contributed by atoms with E-state index in [9.17, 15) is 14.4 Å². The van der Waals surface area contributed by atoms with Crippen LogP contribution in [0.2, 0.25) is 0 Å². The van der Waals surface area contributed by atoms with Gasteiger partial charge in [-0.05, 0) is 6.92 Å². The van der Waals surface area contributed by atoms with Crippen LogP contribution in [0.3, 0.4) is 0 Å². The maximum Gasteiger partial charge on any atom is 0.339 e. The van der Waals surface area contributed by atoms with Crippen molar-refractivity contribution in [1.82, 2.24) is 0 Å². The van der Waals surface area contributed by atoms with Gasteiger partial charge in [0.05, 0.1) is 58.4 Å². The van der Waals surface area contributed by atoms with Gasteiger partial charge in [-0.3, -0.25) is 26.8 Å². The van der Waals surface area contributed by atoms with Crippen molar-refractivity contribution in [3.8, 4) is 0 Å². The van der Waals surface area contributed by atoms with Crippen LogP contribution >= 0.6 is 0 Å². The number of Topliss-reactive ketones (excluding diaryl/α,β-unsaturated/α-hetero) is 1. The Morgan fingerprint density at radius 1 is 0.793 bits per heavy atom. The van der Waals surface area contributed by atoms with Gasteiger partial charge in [-0.25, -0.2) is 4.79 Å². The third kappa shape index (κ3) is 19.2. The molecule has 0 saturated carbocycles. The van der Waals surface area contributed by atoms with Gasteiger partial charge in [-0.2, -0.15) is 0 Å². The van der Waals surface area contributed by atoms with Crippen molar-refractivity contribution in [2.75, 3.05) is 59.5 Å². The molecule has 0 unspecified atom stereocenters. The Balaban J connectivity index is 3.36. The SMILES string of the molecule is C=C(COCCOCCOCCOCCOC(=O)CC(C)=O)C(=O)OC(N)(N)N. The molecule has 0 aromatic heterocycles. The number of hydrogen-bond acceptors (Lipinski definition) is 12. The summed E-state index contributed by atoms with van der Waals surface area (Å²) < 4.78 is 30.3. The Labute approximate surface area is 169 Å². The highest BCUT2D eigenvalue weighted by Gasteiger charge is 2.20. The molecule has 6 N–H and O–H groups in total. The highest BCUT2D eigenvalue weighted by molar-refractivity contribution is 5.94. The van der Waals surface area contributed by atoms with E-state index >= 15 is 0 Å². The minimum absolute atomic E-state index is 0.0210. The maximum absolute atomic E-state index is 11.4. The molecule has 0 spiro atoms. The average molecular weight is 421 g/mol. The van der Waals surface area contributed by atoms with Gasteiger partial charge < -0.3 is 28.4 Å². The van der Waals surface area contributed by atoms with Crippen molar-refractivity contribution in [3.63, 3.8) is 0 Å². The fraction of sp³-hybridized carbons (Fsp3) is 0.706. The van der Waals surface area contributed by atoms with Gasteiger partial charge in [0.25, 0.3) is 5.97 Å². The molecule has 0 radical (unpaired) electrons. The Morgan fingerprint density at radius 3 is 1.69 bits per heavy atom. The molecule has 0 amide bonds. The molecule has 0 aromatic rings. The van der Waals surface area contributed by atoms with Crippen LogP contribution in [0.25, 0.3) is 0 Å². The largest absolute Gasteiger partial charge is 0.463 e. The molecule has 0 aliphatic heterocycles. The first-order valence-electron chi connectivity index (χ1n) is 8.85. The molecule has 12 nitrogen and oxygen atoms in total. The van der Waals surface area contributed by atoms with Crippen molar-refractivity contribution in [3.05, 3.63) is 12.2 Å². The molecule has 0 aliphatic rings. The zero-order valence-electron chi connectivity index (χ0n) is 16.7. The molecule has 0 aromatic carbocycles. The second kappa shape index (κ2) is 15.9. The first kappa shape index (κ1) is 27.1. The molecule has 0 rings (SSSR count). The summed E-state index contributed by atoms with van der Waals surface area (Å²) in [6, 6.07) is 0. The Kier molecular flexibility index (Phi) is 14.9. The van der Waals surface area contributed by atoms with E-state index in [4.69, 9.17) is 40.9 Å². The summed E-state index contributed by atoms with van der Waals surface area (Å²) in [7, 11) is 0. The van der Waals surface area contributed by atoms with Crippen molar-refractivity contribution in [2.45, 2.75) is 19.3 Å². The summed E-state index contributed by atoms with van der Waals surface area (Å²) in [6.07, 6.45) is -0.229. The summed E-state index contributed by atoms with van der Waals surface area (Å²) in [5.74, 6) is -3.71. The lowest BCUT2D eigenvalue weighted by molar-refractivity contribution is -0.154. The monoisotopic (exact) mass is 421 g/mol. The van der Waals surface area contributed by atoms with Crippen molar-refractivity contribution < 1.29 is 42.8 Å². The van der Waals surface area contributed by atoms with Gasteiger partial charge in [0.15, 0.2) is 0 Å². The minimum atomic E-state index is -2.06. The molecule has 12 heteroatoms. The Morgan fingerprint density at radius 2 is 1.24 bits per heavy atom. The number of hydrogen-bond donors (Lipinski definition) is 3. The zero-order valence-corrected chi connectivity index (χ0v) is 16.7. The van der Waals surface area contributed by atoms with E-state index in [1.807, 2.05) is 0 Å². The van der Waals surface area contributed by atoms with Gasteiger partial charge in [-0.1, -0.05) is 6.58 Å². The van der Waals surface area contributed by atoms with E-state index in [1.54, 1.807) is 0 Å². The molecular weight excluding hydrogens is 390 g/mol. The van der Waals surface area contributed by atoms with Crippen LogP contribution in [0, 0.1) is 0 Å². The average Bonchev–Trinajstić information content (AvgIpc) is 2.59. The summed E-state index contributed by atoms with van der Waals surface area (Å²) in [4.78, 5) is 33.2. The number of carbonyl (C=O) groups excluding carboxylic acids is 3. The number of ketones is 1. The molecule has 0 fully saturated rings. The normalized spacial score (nSPS) is 11.2. The van der Waals surface area contributed by atoms with Gasteiger partial charge in [0, 0.05) is 0 Å². The Hall–Kier alpha value is -1.93. The van der Waals surface area contributed by atoms with Crippen LogP contribution in [-0.4, -0.2) is 83.2 Å². The van der Waals surface area contributed by atoms with Crippen LogP contribution in [0.15, 0.2) is 12.2 Å². The molecule has 0 saturated heterocycles. The fourth-order valence-corrected chi connectivity index (χ4v) is 1.62. The van der Waals surface area contributed by atoms with Crippen LogP contribution in [0.5, 0.6) is 0 Å². The number of nitrogens with two attached hydrogens (primary N) is 3. The van der Waals surface area contributed by atoms with Crippen LogP contribution in [0.4, 0.5) is 0 Å². The minimum Gasteiger partial charge on any atom is -0.463 e. The topological polar surface area (TPSA) is 185 Å². The highest BCUT2D eigenvalue weighted by Crippen LogP contribution is 1.98. The number of rotatable bonds is 18. The van der Waals surface area contributed by atoms with Crippen molar-refractivity contribution in [2.24, 2.45) is 17.2 Å². The summed E-state index contributed by atoms with van der Waals surface area (Å²) in [6.45, 7) is 6.97. The standard InChI is InChI=1S/C17H31N3O9/c1-13(16(23)29-17(18,19)20)12-27-8-7-25-4-3-24-5-6-26-9-10-28-15(22)11-14(2)21/h1,3-12,18-20H2,2H3. The molecule has 29 heavy (non-hydrogen) atoms. The lowest BCUT2D eigenvalue weighted by Crippen LogP contribution is -2.61. The quantitative estimate of drug-likeness (QED) is 0.0739. The maximum atomic E-state index is 11.4. The third-order valence-electron chi connectivity index (χ3n) is 2.83. The third-order valence-corrected chi connectivity index (χ3v) is 2.83. The summed E-state index contributed by atoms with van der Waals surface area (Å²) >= 11 is 0. The predicted molar refractivity (Wildman–Crippen MR) is 100 cm³/mol. The van der Waals surface area contributed by atoms with Crippen LogP contribution < -0.4 is 17.2 Å². The van der Waals surface area contributed by atoms with Crippen molar-refractivity contribution >= 4 is 17.7 Å². The lowest BCUT2D eigenvalue weighted by atomic mass is 10.3. The van der Waals surface area contributed by atoms with E-state index in [1.165, 1.54) is 6.92 Å². The molecule has 0 atom stereocenters. The molecule has 0 heterocycles. The van der Waals surface area contributed by atoms with E-state index in [-0.39, 0.29) is 44.2 Å². The number of carbonyl (C=O) groups is 3. The summed E-state index contributed by atoms with van der Waals surface area (Å²) in [5.41, 5.74) is 15.4. The van der Waals surface area contributed by atoms with Gasteiger partial charge in [-0.15, -0.1) is 0 Å². The molecule has 168 valence electrons. The fourth-order valence-electron chi connectivity index (χ4n) is 1.62.